The van der Waals surface area contributed by atoms with Crippen molar-refractivity contribution in [2.45, 2.75) is 406 Å². The van der Waals surface area contributed by atoms with Gasteiger partial charge in [0, 0.05) is 25.7 Å². The third-order valence-corrected chi connectivity index (χ3v) is 19.5. The van der Waals surface area contributed by atoms with E-state index in [1.807, 2.05) is 0 Å². The highest BCUT2D eigenvalue weighted by atomic mass is 31.2. The molecule has 0 heterocycles. The maximum Gasteiger partial charge on any atom is 0.472 e. The Morgan fingerprint density at radius 2 is 0.516 bits per heavy atom. The fourth-order valence-electron chi connectivity index (χ4n) is 11.3. The van der Waals surface area contributed by atoms with Crippen molar-refractivity contribution in [1.82, 2.24) is 0 Å². The van der Waals surface area contributed by atoms with Crippen molar-refractivity contribution in [2.24, 2.45) is 5.92 Å². The van der Waals surface area contributed by atoms with Crippen LogP contribution < -0.4 is 0 Å². The maximum absolute atomic E-state index is 13.1. The van der Waals surface area contributed by atoms with E-state index in [4.69, 9.17) is 37.0 Å². The van der Waals surface area contributed by atoms with Crippen LogP contribution in [0.3, 0.4) is 0 Å². The van der Waals surface area contributed by atoms with E-state index in [1.54, 1.807) is 0 Å². The highest BCUT2D eigenvalue weighted by Crippen LogP contribution is 2.45. The predicted molar refractivity (Wildman–Crippen MR) is 377 cm³/mol. The minimum Gasteiger partial charge on any atom is -0.462 e. The van der Waals surface area contributed by atoms with Crippen LogP contribution >= 0.6 is 15.6 Å². The van der Waals surface area contributed by atoms with Crippen LogP contribution in [0.1, 0.15) is 388 Å². The van der Waals surface area contributed by atoms with E-state index in [9.17, 15) is 43.2 Å². The molecule has 0 saturated carbocycles. The Morgan fingerprint density at radius 3 is 0.763 bits per heavy atom. The molecule has 0 aromatic heterocycles. The van der Waals surface area contributed by atoms with E-state index in [0.717, 1.165) is 95.8 Å². The van der Waals surface area contributed by atoms with Crippen LogP contribution in [0.5, 0.6) is 0 Å². The molecule has 0 bridgehead atoms. The van der Waals surface area contributed by atoms with Crippen LogP contribution in [-0.4, -0.2) is 96.7 Å². The van der Waals surface area contributed by atoms with Crippen molar-refractivity contribution in [3.63, 3.8) is 0 Å². The number of rotatable bonds is 74. The first kappa shape index (κ1) is 91.1. The predicted octanol–water partition coefficient (Wildman–Crippen LogP) is 21.7. The zero-order chi connectivity index (χ0) is 68.4. The van der Waals surface area contributed by atoms with Gasteiger partial charge in [-0.2, -0.15) is 0 Å². The average Bonchev–Trinajstić information content (AvgIpc) is 3.27. The minimum absolute atomic E-state index is 0.103. The van der Waals surface area contributed by atoms with Gasteiger partial charge in [0.15, 0.2) is 12.2 Å². The summed E-state index contributed by atoms with van der Waals surface area (Å²) in [4.78, 5) is 72.6. The number of aliphatic hydroxyl groups is 1. The van der Waals surface area contributed by atoms with Crippen molar-refractivity contribution in [3.05, 3.63) is 0 Å². The number of esters is 4. The summed E-state index contributed by atoms with van der Waals surface area (Å²) in [7, 11) is -9.90. The van der Waals surface area contributed by atoms with Crippen molar-refractivity contribution in [2.75, 3.05) is 39.6 Å². The van der Waals surface area contributed by atoms with E-state index < -0.39 is 97.5 Å². The van der Waals surface area contributed by atoms with E-state index in [0.29, 0.717) is 25.7 Å². The lowest BCUT2D eigenvalue weighted by molar-refractivity contribution is -0.161. The molecule has 3 unspecified atom stereocenters. The SMILES string of the molecule is CCCCCCCCCCCCCCCCCCCCCC(=O)O[C@H](COC(=O)CCCCCCCCCCCCCCCCC)COP(=O)(O)OC[C@@H](O)COP(=O)(O)OC[C@@H](COC(=O)CCCCCCCCCCC)OC(=O)CCCCCCCCC(C)CC. The van der Waals surface area contributed by atoms with Crippen LogP contribution in [0.4, 0.5) is 0 Å². The summed E-state index contributed by atoms with van der Waals surface area (Å²) < 4.78 is 68.4. The van der Waals surface area contributed by atoms with Crippen molar-refractivity contribution in [1.29, 1.82) is 0 Å². The number of hydrogen-bond acceptors (Lipinski definition) is 15. The highest BCUT2D eigenvalue weighted by Gasteiger charge is 2.30. The molecule has 0 spiro atoms. The first-order valence-electron chi connectivity index (χ1n) is 38.7. The van der Waals surface area contributed by atoms with Gasteiger partial charge in [-0.1, -0.05) is 336 Å². The minimum atomic E-state index is -4.95. The Balaban J connectivity index is 5.20. The number of carbonyl (C=O) groups excluding carboxylic acids is 4. The van der Waals surface area contributed by atoms with Gasteiger partial charge in [0.1, 0.15) is 19.3 Å². The van der Waals surface area contributed by atoms with Gasteiger partial charge in [-0.25, -0.2) is 9.13 Å². The second-order valence-electron chi connectivity index (χ2n) is 26.9. The van der Waals surface area contributed by atoms with Crippen molar-refractivity contribution >= 4 is 39.5 Å². The number of aliphatic hydroxyl groups excluding tert-OH is 1. The molecule has 0 fully saturated rings. The normalized spacial score (nSPS) is 14.3. The lowest BCUT2D eigenvalue weighted by atomic mass is 10.00. The molecule has 0 saturated heterocycles. The molecule has 552 valence electrons. The summed E-state index contributed by atoms with van der Waals surface area (Å²) in [6, 6.07) is 0. The fraction of sp³-hybridized carbons (Fsp3) is 0.946. The Hall–Kier alpha value is -1.94. The molecule has 0 amide bonds. The monoisotopic (exact) mass is 1370 g/mol. The maximum atomic E-state index is 13.1. The smallest absolute Gasteiger partial charge is 0.462 e. The molecule has 19 heteroatoms. The molecule has 93 heavy (non-hydrogen) atoms. The second kappa shape index (κ2) is 67.3. The molecule has 17 nitrogen and oxygen atoms in total. The Bertz CT molecular complexity index is 1790. The molecule has 6 atom stereocenters. The zero-order valence-electron chi connectivity index (χ0n) is 60.4. The van der Waals surface area contributed by atoms with Gasteiger partial charge in [0.25, 0.3) is 0 Å². The Morgan fingerprint density at radius 1 is 0.301 bits per heavy atom. The van der Waals surface area contributed by atoms with E-state index in [1.165, 1.54) is 212 Å². The topological polar surface area (TPSA) is 237 Å². The fourth-order valence-corrected chi connectivity index (χ4v) is 12.9. The molecule has 0 aromatic carbocycles. The third kappa shape index (κ3) is 67.0. The lowest BCUT2D eigenvalue weighted by Crippen LogP contribution is -2.30. The number of phosphoric ester groups is 2. The lowest BCUT2D eigenvalue weighted by Gasteiger charge is -2.21. The summed E-state index contributed by atoms with van der Waals surface area (Å²) in [6.07, 6.45) is 55.6. The largest absolute Gasteiger partial charge is 0.472 e. The summed E-state index contributed by atoms with van der Waals surface area (Å²) in [5, 5.41) is 10.6. The molecule has 0 aliphatic heterocycles. The number of phosphoric acid groups is 2. The summed E-state index contributed by atoms with van der Waals surface area (Å²) in [5.74, 6) is -1.40. The average molecular weight is 1370 g/mol. The molecular weight excluding hydrogens is 1220 g/mol. The van der Waals surface area contributed by atoms with Gasteiger partial charge in [-0.15, -0.1) is 0 Å². The molecule has 0 rings (SSSR count). The third-order valence-electron chi connectivity index (χ3n) is 17.6. The van der Waals surface area contributed by atoms with Gasteiger partial charge >= 0.3 is 39.5 Å². The Kier molecular flexibility index (Phi) is 65.9. The van der Waals surface area contributed by atoms with Gasteiger partial charge in [0.2, 0.25) is 0 Å². The molecule has 0 radical (unpaired) electrons. The summed E-state index contributed by atoms with van der Waals surface area (Å²) in [6.45, 7) is 7.21. The van der Waals surface area contributed by atoms with Gasteiger partial charge < -0.3 is 33.8 Å². The molecule has 0 aliphatic carbocycles. The quantitative estimate of drug-likeness (QED) is 0.0222. The van der Waals surface area contributed by atoms with Crippen LogP contribution in [0.25, 0.3) is 0 Å². The zero-order valence-corrected chi connectivity index (χ0v) is 62.2. The van der Waals surface area contributed by atoms with Crippen LogP contribution in [0.15, 0.2) is 0 Å². The molecule has 3 N–H and O–H groups in total. The van der Waals surface area contributed by atoms with Crippen molar-refractivity contribution < 1.29 is 80.2 Å². The van der Waals surface area contributed by atoms with Crippen LogP contribution in [-0.2, 0) is 65.4 Å². The number of carbonyl (C=O) groups is 4. The summed E-state index contributed by atoms with van der Waals surface area (Å²) >= 11 is 0. The first-order valence-corrected chi connectivity index (χ1v) is 41.7. The van der Waals surface area contributed by atoms with Gasteiger partial charge in [-0.05, 0) is 31.6 Å². The van der Waals surface area contributed by atoms with Crippen LogP contribution in [0.2, 0.25) is 0 Å². The number of ether oxygens (including phenoxy) is 4. The van der Waals surface area contributed by atoms with Gasteiger partial charge in [0.05, 0.1) is 26.4 Å². The molecule has 0 aliphatic rings. The standard InChI is InChI=1S/C74H144O17P2/c1-6-10-13-16-19-22-24-26-28-29-30-31-33-35-37-40-43-49-54-59-73(78)90-69(63-85-72(77)58-53-48-42-39-36-34-32-27-25-23-20-17-14-11-7-2)65-88-92(80,81)86-61-68(75)62-87-93(82,83)89-66-70(64-84-71(76)57-52-47-41-38-21-18-15-12-8-3)91-74(79)60-55-50-45-44-46-51-56-67(5)9-4/h67-70,75H,6-66H2,1-5H3,(H,80,81)(H,82,83)/t67?,68-,69-,70-/m1/s1. The first-order chi connectivity index (χ1) is 45.1. The van der Waals surface area contributed by atoms with E-state index in [-0.39, 0.29) is 25.7 Å². The molecular formula is C74H144O17P2. The second-order valence-corrected chi connectivity index (χ2v) is 29.8. The summed E-state index contributed by atoms with van der Waals surface area (Å²) in [5.41, 5.74) is 0. The Labute approximate surface area is 568 Å². The van der Waals surface area contributed by atoms with E-state index >= 15 is 0 Å². The molecule has 0 aromatic rings. The number of unbranched alkanes of at least 4 members (excludes halogenated alkanes) is 45. The van der Waals surface area contributed by atoms with Gasteiger partial charge in [-0.3, -0.25) is 37.3 Å². The number of hydrogen-bond donors (Lipinski definition) is 3. The van der Waals surface area contributed by atoms with Crippen LogP contribution in [0, 0.1) is 5.92 Å². The van der Waals surface area contributed by atoms with E-state index in [2.05, 4.69) is 34.6 Å². The van der Waals surface area contributed by atoms with Crippen molar-refractivity contribution in [3.8, 4) is 0 Å². The highest BCUT2D eigenvalue weighted by molar-refractivity contribution is 7.47.